The van der Waals surface area contributed by atoms with Crippen molar-refractivity contribution >= 4 is 44.1 Å². The predicted octanol–water partition coefficient (Wildman–Crippen LogP) is 2.05. The molecule has 1 heterocycles. The second-order valence-electron chi connectivity index (χ2n) is 2.98. The molecule has 0 spiro atoms. The monoisotopic (exact) mass is 288 g/mol. The standard InChI is InChI=1S/C9H6BrClN2O2/c10-6-1-5-2-7(11)3-8(13(14)15)9(5)12-4-6/h1-4,13-14H. The van der Waals surface area contributed by atoms with Gasteiger partial charge in [0.25, 0.3) is 0 Å². The SMILES string of the molecule is [O-][NH+](O)c1cc(Cl)cc2cc(Br)cnc12. The number of hydrogen-bond acceptors (Lipinski definition) is 3. The Balaban J connectivity index is 2.80. The molecule has 0 bridgehead atoms. The second kappa shape index (κ2) is 4.03. The zero-order valence-electron chi connectivity index (χ0n) is 7.37. The summed E-state index contributed by atoms with van der Waals surface area (Å²) in [6.45, 7) is 0. The van der Waals surface area contributed by atoms with Crippen molar-refractivity contribution in [1.82, 2.24) is 4.98 Å². The maximum absolute atomic E-state index is 10.9. The molecule has 0 saturated heterocycles. The molecule has 1 aromatic heterocycles. The molecule has 78 valence electrons. The third-order valence-corrected chi connectivity index (χ3v) is 2.60. The summed E-state index contributed by atoms with van der Waals surface area (Å²) in [6.07, 6.45) is 1.56. The van der Waals surface area contributed by atoms with Gasteiger partial charge in [0.05, 0.1) is 0 Å². The Bertz CT molecular complexity index is 513. The minimum absolute atomic E-state index is 0.116. The number of nitrogens with one attached hydrogen (secondary N) is 1. The van der Waals surface area contributed by atoms with E-state index in [4.69, 9.17) is 16.8 Å². The van der Waals surface area contributed by atoms with Crippen LogP contribution < -0.4 is 5.23 Å². The first kappa shape index (κ1) is 10.8. The van der Waals surface area contributed by atoms with Gasteiger partial charge in [-0.1, -0.05) is 11.6 Å². The number of rotatable bonds is 1. The van der Waals surface area contributed by atoms with E-state index in [1.54, 1.807) is 18.3 Å². The van der Waals surface area contributed by atoms with Crippen LogP contribution in [-0.2, 0) is 0 Å². The van der Waals surface area contributed by atoms with Crippen LogP contribution in [0.15, 0.2) is 28.9 Å². The highest BCUT2D eigenvalue weighted by Gasteiger charge is 2.10. The lowest BCUT2D eigenvalue weighted by molar-refractivity contribution is -0.990. The minimum Gasteiger partial charge on any atom is -0.595 e. The van der Waals surface area contributed by atoms with Gasteiger partial charge in [-0.25, -0.2) is 10.2 Å². The number of aromatic nitrogens is 1. The van der Waals surface area contributed by atoms with Gasteiger partial charge in [0, 0.05) is 27.1 Å². The van der Waals surface area contributed by atoms with Crippen LogP contribution >= 0.6 is 27.5 Å². The highest BCUT2D eigenvalue weighted by Crippen LogP contribution is 2.25. The first-order valence-corrected chi connectivity index (χ1v) is 5.23. The zero-order chi connectivity index (χ0) is 11.0. The van der Waals surface area contributed by atoms with Crippen molar-refractivity contribution in [2.75, 3.05) is 0 Å². The van der Waals surface area contributed by atoms with Crippen LogP contribution in [0.3, 0.4) is 0 Å². The highest BCUT2D eigenvalue weighted by atomic mass is 79.9. The van der Waals surface area contributed by atoms with Gasteiger partial charge in [-0.05, 0) is 28.1 Å². The van der Waals surface area contributed by atoms with Gasteiger partial charge in [-0.2, -0.15) is 5.23 Å². The molecule has 6 heteroatoms. The van der Waals surface area contributed by atoms with Crippen LogP contribution in [0, 0.1) is 5.21 Å². The van der Waals surface area contributed by atoms with E-state index in [0.717, 1.165) is 4.47 Å². The Morgan fingerprint density at radius 2 is 2.13 bits per heavy atom. The lowest BCUT2D eigenvalue weighted by atomic mass is 10.2. The molecule has 1 unspecified atom stereocenters. The van der Waals surface area contributed by atoms with Crippen molar-refractivity contribution < 1.29 is 10.4 Å². The Labute approximate surface area is 98.8 Å². The van der Waals surface area contributed by atoms with Crippen molar-refractivity contribution in [3.8, 4) is 0 Å². The first-order valence-electron chi connectivity index (χ1n) is 4.06. The van der Waals surface area contributed by atoms with Crippen molar-refractivity contribution in [1.29, 1.82) is 0 Å². The average molecular weight is 290 g/mol. The number of benzene rings is 1. The van der Waals surface area contributed by atoms with Crippen molar-refractivity contribution in [2.45, 2.75) is 0 Å². The molecule has 4 nitrogen and oxygen atoms in total. The molecule has 0 aliphatic heterocycles. The molecular weight excluding hydrogens is 283 g/mol. The Hall–Kier alpha value is -0.720. The molecule has 0 aliphatic rings. The fraction of sp³-hybridized carbons (Fsp3) is 0. The fourth-order valence-corrected chi connectivity index (χ4v) is 1.93. The van der Waals surface area contributed by atoms with Crippen molar-refractivity contribution in [3.05, 3.63) is 39.1 Å². The number of quaternary nitrogens is 1. The molecule has 0 saturated carbocycles. The molecule has 0 fully saturated rings. The van der Waals surface area contributed by atoms with Crippen LogP contribution in [0.25, 0.3) is 10.9 Å². The number of nitrogens with zero attached hydrogens (tertiary/aromatic N) is 1. The quantitative estimate of drug-likeness (QED) is 0.790. The lowest BCUT2D eigenvalue weighted by Crippen LogP contribution is -2.99. The third kappa shape index (κ3) is 2.11. The van der Waals surface area contributed by atoms with E-state index in [-0.39, 0.29) is 5.69 Å². The van der Waals surface area contributed by atoms with E-state index in [2.05, 4.69) is 20.9 Å². The van der Waals surface area contributed by atoms with Gasteiger partial charge in [-0.15, -0.1) is 0 Å². The second-order valence-corrected chi connectivity index (χ2v) is 4.34. The molecule has 2 N–H and O–H groups in total. The number of fused-ring (bicyclic) bond motifs is 1. The summed E-state index contributed by atoms with van der Waals surface area (Å²) in [4.78, 5) is 4.06. The zero-order valence-corrected chi connectivity index (χ0v) is 9.71. The third-order valence-electron chi connectivity index (χ3n) is 1.94. The Kier molecular flexibility index (Phi) is 2.90. The van der Waals surface area contributed by atoms with E-state index in [1.807, 2.05) is 0 Å². The van der Waals surface area contributed by atoms with E-state index < -0.39 is 5.23 Å². The molecule has 2 rings (SSSR count). The largest absolute Gasteiger partial charge is 0.595 e. The number of hydrogen-bond donors (Lipinski definition) is 2. The Morgan fingerprint density at radius 1 is 1.40 bits per heavy atom. The van der Waals surface area contributed by atoms with Crippen LogP contribution in [-0.4, -0.2) is 10.2 Å². The van der Waals surface area contributed by atoms with Gasteiger partial charge in [-0.3, -0.25) is 0 Å². The Morgan fingerprint density at radius 3 is 2.80 bits per heavy atom. The van der Waals surface area contributed by atoms with Gasteiger partial charge in [0.2, 0.25) is 0 Å². The van der Waals surface area contributed by atoms with Crippen LogP contribution in [0.5, 0.6) is 0 Å². The molecule has 0 radical (unpaired) electrons. The van der Waals surface area contributed by atoms with E-state index in [9.17, 15) is 5.21 Å². The molecule has 15 heavy (non-hydrogen) atoms. The lowest BCUT2D eigenvalue weighted by Gasteiger charge is -2.13. The highest BCUT2D eigenvalue weighted by molar-refractivity contribution is 9.10. The van der Waals surface area contributed by atoms with Crippen LogP contribution in [0.4, 0.5) is 5.69 Å². The van der Waals surface area contributed by atoms with Crippen LogP contribution in [0.1, 0.15) is 0 Å². The maximum atomic E-state index is 10.9. The predicted molar refractivity (Wildman–Crippen MR) is 60.2 cm³/mol. The van der Waals surface area contributed by atoms with Crippen LogP contribution in [0.2, 0.25) is 5.02 Å². The number of halogens is 2. The summed E-state index contributed by atoms with van der Waals surface area (Å²) in [5.74, 6) is 0. The summed E-state index contributed by atoms with van der Waals surface area (Å²) in [5, 5.41) is 20.0. The molecule has 0 amide bonds. The van der Waals surface area contributed by atoms with Crippen molar-refractivity contribution in [2.24, 2.45) is 0 Å². The van der Waals surface area contributed by atoms with Crippen molar-refractivity contribution in [3.63, 3.8) is 0 Å². The first-order chi connectivity index (χ1) is 7.08. The molecule has 2 aromatic rings. The topological polar surface area (TPSA) is 60.6 Å². The van der Waals surface area contributed by atoms with E-state index >= 15 is 0 Å². The summed E-state index contributed by atoms with van der Waals surface area (Å²) >= 11 is 9.08. The molecule has 1 aromatic carbocycles. The average Bonchev–Trinajstić information content (AvgIpc) is 2.15. The van der Waals surface area contributed by atoms with Gasteiger partial charge < -0.3 is 5.21 Å². The summed E-state index contributed by atoms with van der Waals surface area (Å²) < 4.78 is 0.786. The molecular formula is C9H6BrClN2O2. The van der Waals surface area contributed by atoms with E-state index in [1.165, 1.54) is 6.07 Å². The normalized spacial score (nSPS) is 13.1. The minimum atomic E-state index is -1.03. The number of pyridine rings is 1. The van der Waals surface area contributed by atoms with Gasteiger partial charge >= 0.3 is 0 Å². The smallest absolute Gasteiger partial charge is 0.191 e. The van der Waals surface area contributed by atoms with E-state index in [0.29, 0.717) is 15.9 Å². The van der Waals surface area contributed by atoms with Gasteiger partial charge in [0.1, 0.15) is 5.52 Å². The summed E-state index contributed by atoms with van der Waals surface area (Å²) in [7, 11) is 0. The molecule has 1 atom stereocenters. The molecule has 0 aliphatic carbocycles. The fourth-order valence-electron chi connectivity index (χ4n) is 1.35. The summed E-state index contributed by atoms with van der Waals surface area (Å²) in [5.41, 5.74) is 0.556. The summed E-state index contributed by atoms with van der Waals surface area (Å²) in [6, 6.07) is 4.86. The maximum Gasteiger partial charge on any atom is 0.191 e. The van der Waals surface area contributed by atoms with Gasteiger partial charge in [0.15, 0.2) is 5.69 Å².